The van der Waals surface area contributed by atoms with Gasteiger partial charge in [-0.2, -0.15) is 0 Å². The van der Waals surface area contributed by atoms with Gasteiger partial charge in [-0.1, -0.05) is 0 Å². The minimum atomic E-state index is 0.287. The van der Waals surface area contributed by atoms with Gasteiger partial charge in [0.25, 0.3) is 0 Å². The molecule has 0 bridgehead atoms. The molecule has 1 fully saturated rings. The fraction of sp³-hybridized carbons (Fsp3) is 1.00. The molecule has 0 radical (unpaired) electrons. The van der Waals surface area contributed by atoms with Gasteiger partial charge in [-0.05, 0) is 6.42 Å². The van der Waals surface area contributed by atoms with E-state index in [-0.39, 0.29) is 6.10 Å². The average Bonchev–Trinajstić information content (AvgIpc) is 1.63. The van der Waals surface area contributed by atoms with Crippen molar-refractivity contribution in [2.45, 2.75) is 12.5 Å². The summed E-state index contributed by atoms with van der Waals surface area (Å²) in [5.74, 6) is 0. The Hall–Kier alpha value is -0.120. The fourth-order valence-electron chi connectivity index (χ4n) is 0.560. The second-order valence-corrected chi connectivity index (χ2v) is 1.73. The molecule has 1 rings (SSSR count). The molecule has 0 amide bonds. The monoisotopic (exact) mass is 118 g/mol. The molecule has 8 heavy (non-hydrogen) atoms. The summed E-state index contributed by atoms with van der Waals surface area (Å²) in [6.07, 6.45) is 1.39. The van der Waals surface area contributed by atoms with Crippen molar-refractivity contribution in [2.24, 2.45) is 0 Å². The zero-order valence-electron chi connectivity index (χ0n) is 4.92. The van der Waals surface area contributed by atoms with Crippen LogP contribution >= 0.6 is 0 Å². The number of ether oxygens (including phenoxy) is 1. The highest BCUT2D eigenvalue weighted by atomic mass is 17.2. The smallest absolute Gasteiger partial charge is 0.108 e. The Kier molecular flexibility index (Phi) is 2.27. The van der Waals surface area contributed by atoms with E-state index in [1.165, 1.54) is 7.11 Å². The molecule has 1 aliphatic heterocycles. The van der Waals surface area contributed by atoms with Gasteiger partial charge in [0, 0.05) is 6.61 Å². The second-order valence-electron chi connectivity index (χ2n) is 1.73. The third-order valence-electron chi connectivity index (χ3n) is 1.17. The normalized spacial score (nSPS) is 27.4. The third kappa shape index (κ3) is 1.43. The van der Waals surface area contributed by atoms with E-state index in [0.29, 0.717) is 6.61 Å². The summed E-state index contributed by atoms with van der Waals surface area (Å²) >= 11 is 0. The second kappa shape index (κ2) is 3.02. The lowest BCUT2D eigenvalue weighted by molar-refractivity contribution is -0.296. The van der Waals surface area contributed by atoms with Crippen molar-refractivity contribution < 1.29 is 14.5 Å². The maximum absolute atomic E-state index is 5.03. The van der Waals surface area contributed by atoms with Crippen LogP contribution < -0.4 is 0 Å². The van der Waals surface area contributed by atoms with E-state index in [0.717, 1.165) is 13.0 Å². The quantitative estimate of drug-likeness (QED) is 0.395. The standard InChI is InChI=1S/C5H10O3/c1-6-8-4-5-2-3-7-5/h5H,2-4H2,1H3. The first-order valence-electron chi connectivity index (χ1n) is 2.70. The van der Waals surface area contributed by atoms with Crippen LogP contribution in [0.3, 0.4) is 0 Å². The Balaban J connectivity index is 1.86. The lowest BCUT2D eigenvalue weighted by Gasteiger charge is -2.24. The van der Waals surface area contributed by atoms with Crippen molar-refractivity contribution in [3.05, 3.63) is 0 Å². The lowest BCUT2D eigenvalue weighted by Crippen LogP contribution is -2.31. The van der Waals surface area contributed by atoms with Gasteiger partial charge < -0.3 is 4.74 Å². The molecule has 0 aromatic heterocycles. The maximum Gasteiger partial charge on any atom is 0.108 e. The van der Waals surface area contributed by atoms with Crippen molar-refractivity contribution >= 4 is 0 Å². The van der Waals surface area contributed by atoms with E-state index in [1.54, 1.807) is 0 Å². The largest absolute Gasteiger partial charge is 0.376 e. The van der Waals surface area contributed by atoms with E-state index in [9.17, 15) is 0 Å². The van der Waals surface area contributed by atoms with Crippen LogP contribution in [-0.4, -0.2) is 26.4 Å². The molecule has 0 N–H and O–H groups in total. The van der Waals surface area contributed by atoms with Gasteiger partial charge in [-0.3, -0.25) is 0 Å². The van der Waals surface area contributed by atoms with Gasteiger partial charge in [0.1, 0.15) is 6.61 Å². The molecule has 1 atom stereocenters. The molecule has 0 spiro atoms. The van der Waals surface area contributed by atoms with Gasteiger partial charge in [0.15, 0.2) is 0 Å². The van der Waals surface area contributed by atoms with Gasteiger partial charge in [-0.25, -0.2) is 9.78 Å². The van der Waals surface area contributed by atoms with E-state index < -0.39 is 0 Å². The molecule has 0 aliphatic carbocycles. The highest BCUT2D eigenvalue weighted by molar-refractivity contribution is 4.63. The lowest BCUT2D eigenvalue weighted by atomic mass is 10.2. The summed E-state index contributed by atoms with van der Waals surface area (Å²) in [5, 5.41) is 0. The Morgan fingerprint density at radius 3 is 2.88 bits per heavy atom. The molecular weight excluding hydrogens is 108 g/mol. The molecule has 1 heterocycles. The Morgan fingerprint density at radius 1 is 1.75 bits per heavy atom. The molecular formula is C5H10O3. The Bertz CT molecular complexity index is 60.7. The molecule has 3 heteroatoms. The molecule has 1 unspecified atom stereocenters. The average molecular weight is 118 g/mol. The van der Waals surface area contributed by atoms with Crippen molar-refractivity contribution in [2.75, 3.05) is 20.3 Å². The summed E-state index contributed by atoms with van der Waals surface area (Å²) in [6.45, 7) is 1.44. The van der Waals surface area contributed by atoms with Crippen LogP contribution in [0.5, 0.6) is 0 Å². The molecule has 3 nitrogen and oxygen atoms in total. The summed E-state index contributed by atoms with van der Waals surface area (Å²) < 4.78 is 5.03. The van der Waals surface area contributed by atoms with E-state index >= 15 is 0 Å². The number of hydrogen-bond acceptors (Lipinski definition) is 3. The highest BCUT2D eigenvalue weighted by Crippen LogP contribution is 2.10. The maximum atomic E-state index is 5.03. The van der Waals surface area contributed by atoms with Crippen LogP contribution in [0, 0.1) is 0 Å². The molecule has 1 aliphatic rings. The van der Waals surface area contributed by atoms with Crippen LogP contribution in [0.4, 0.5) is 0 Å². The Morgan fingerprint density at radius 2 is 2.50 bits per heavy atom. The fourth-order valence-corrected chi connectivity index (χ4v) is 0.560. The third-order valence-corrected chi connectivity index (χ3v) is 1.17. The van der Waals surface area contributed by atoms with E-state index in [2.05, 4.69) is 9.78 Å². The topological polar surface area (TPSA) is 27.7 Å². The van der Waals surface area contributed by atoms with E-state index in [4.69, 9.17) is 4.74 Å². The van der Waals surface area contributed by atoms with E-state index in [1.807, 2.05) is 0 Å². The number of rotatable bonds is 3. The van der Waals surface area contributed by atoms with Gasteiger partial charge in [-0.15, -0.1) is 0 Å². The predicted octanol–water partition coefficient (Wildman–Crippen LogP) is 0.353. The summed E-state index contributed by atoms with van der Waals surface area (Å²) in [5.41, 5.74) is 0. The first-order chi connectivity index (χ1) is 3.93. The van der Waals surface area contributed by atoms with Crippen molar-refractivity contribution in [3.8, 4) is 0 Å². The van der Waals surface area contributed by atoms with Gasteiger partial charge in [0.05, 0.1) is 13.2 Å². The Labute approximate surface area is 48.5 Å². The number of hydrogen-bond donors (Lipinski definition) is 0. The molecule has 0 aromatic rings. The van der Waals surface area contributed by atoms with Crippen molar-refractivity contribution in [3.63, 3.8) is 0 Å². The SMILES string of the molecule is COOCC1CCO1. The molecule has 0 saturated carbocycles. The summed E-state index contributed by atoms with van der Waals surface area (Å²) in [6, 6.07) is 0. The van der Waals surface area contributed by atoms with Crippen LogP contribution in [0.25, 0.3) is 0 Å². The first kappa shape index (κ1) is 6.01. The van der Waals surface area contributed by atoms with Crippen LogP contribution in [0.15, 0.2) is 0 Å². The van der Waals surface area contributed by atoms with Crippen LogP contribution in [0.2, 0.25) is 0 Å². The molecule has 1 saturated heterocycles. The van der Waals surface area contributed by atoms with Crippen molar-refractivity contribution in [1.29, 1.82) is 0 Å². The van der Waals surface area contributed by atoms with Gasteiger partial charge in [0.2, 0.25) is 0 Å². The zero-order valence-corrected chi connectivity index (χ0v) is 4.92. The van der Waals surface area contributed by atoms with Gasteiger partial charge >= 0.3 is 0 Å². The van der Waals surface area contributed by atoms with Crippen molar-refractivity contribution in [1.82, 2.24) is 0 Å². The van der Waals surface area contributed by atoms with Crippen LogP contribution in [0.1, 0.15) is 6.42 Å². The summed E-state index contributed by atoms with van der Waals surface area (Å²) in [7, 11) is 1.50. The highest BCUT2D eigenvalue weighted by Gasteiger charge is 2.17. The van der Waals surface area contributed by atoms with Crippen LogP contribution in [-0.2, 0) is 14.5 Å². The minimum Gasteiger partial charge on any atom is -0.376 e. The minimum absolute atomic E-state index is 0.287. The molecule has 0 aromatic carbocycles. The summed E-state index contributed by atoms with van der Waals surface area (Å²) in [4.78, 5) is 8.98. The predicted molar refractivity (Wildman–Crippen MR) is 27.3 cm³/mol. The first-order valence-corrected chi connectivity index (χ1v) is 2.70. The molecule has 48 valence electrons. The zero-order chi connectivity index (χ0) is 5.82.